The first-order valence-corrected chi connectivity index (χ1v) is 18.1. The molecule has 7 aromatic rings. The van der Waals surface area contributed by atoms with Crippen molar-refractivity contribution in [3.63, 3.8) is 0 Å². The van der Waals surface area contributed by atoms with Gasteiger partial charge < -0.3 is 4.90 Å². The molecule has 1 nitrogen and oxygen atoms in total. The van der Waals surface area contributed by atoms with Gasteiger partial charge in [0.1, 0.15) is 0 Å². The quantitative estimate of drug-likeness (QED) is 0.179. The highest BCUT2D eigenvalue weighted by Crippen LogP contribution is 2.65. The molecule has 0 bridgehead atoms. The Balaban J connectivity index is 1.21. The summed E-state index contributed by atoms with van der Waals surface area (Å²) >= 11 is 0. The Morgan fingerprint density at radius 1 is 0.471 bits per heavy atom. The van der Waals surface area contributed by atoms with Gasteiger partial charge in [-0.15, -0.1) is 0 Å². The fourth-order valence-corrected chi connectivity index (χ4v) is 9.06. The molecule has 3 aliphatic carbocycles. The minimum Gasteiger partial charge on any atom is -0.310 e. The van der Waals surface area contributed by atoms with Gasteiger partial charge in [0.05, 0.1) is 11.1 Å². The Hall–Kier alpha value is -6.18. The fourth-order valence-electron chi connectivity index (χ4n) is 9.06. The Morgan fingerprint density at radius 3 is 1.57 bits per heavy atom. The van der Waals surface area contributed by atoms with E-state index in [2.05, 4.69) is 200 Å². The molecule has 242 valence electrons. The number of hydrogen-bond acceptors (Lipinski definition) is 1. The van der Waals surface area contributed by atoms with Crippen molar-refractivity contribution in [1.82, 2.24) is 0 Å². The Kier molecular flexibility index (Phi) is 6.82. The minimum atomic E-state index is -0.357. The summed E-state index contributed by atoms with van der Waals surface area (Å²) in [6, 6.07) is 64.8. The smallest absolute Gasteiger partial charge is 0.0722 e. The van der Waals surface area contributed by atoms with Crippen molar-refractivity contribution in [3.8, 4) is 33.4 Å². The third-order valence-electron chi connectivity index (χ3n) is 11.3. The van der Waals surface area contributed by atoms with E-state index in [-0.39, 0.29) is 5.41 Å². The summed E-state index contributed by atoms with van der Waals surface area (Å²) in [7, 11) is 0. The maximum atomic E-state index is 2.47. The van der Waals surface area contributed by atoms with E-state index in [9.17, 15) is 0 Å². The molecule has 51 heavy (non-hydrogen) atoms. The fraction of sp³-hybridized carbons (Fsp3) is 0.0800. The van der Waals surface area contributed by atoms with Crippen LogP contribution in [0.5, 0.6) is 0 Å². The topological polar surface area (TPSA) is 3.24 Å². The summed E-state index contributed by atoms with van der Waals surface area (Å²) in [4.78, 5) is 2.47. The molecule has 0 saturated heterocycles. The third kappa shape index (κ3) is 4.48. The average Bonchev–Trinajstić information content (AvgIpc) is 3.66. The average molecular weight is 652 g/mol. The molecule has 0 radical (unpaired) electrons. The molecule has 2 atom stereocenters. The molecule has 0 saturated carbocycles. The van der Waals surface area contributed by atoms with Gasteiger partial charge in [-0.25, -0.2) is 0 Å². The zero-order chi connectivity index (χ0) is 33.9. The number of rotatable bonds is 5. The van der Waals surface area contributed by atoms with Crippen molar-refractivity contribution in [2.24, 2.45) is 5.92 Å². The largest absolute Gasteiger partial charge is 0.310 e. The van der Waals surface area contributed by atoms with Crippen LogP contribution in [0.2, 0.25) is 0 Å². The summed E-state index contributed by atoms with van der Waals surface area (Å²) in [5.74, 6) is 0.516. The van der Waals surface area contributed by atoms with Crippen LogP contribution in [-0.4, -0.2) is 0 Å². The Morgan fingerprint density at radius 2 is 0.961 bits per heavy atom. The first-order valence-electron chi connectivity index (χ1n) is 18.1. The number of hydrogen-bond donors (Lipinski definition) is 0. The van der Waals surface area contributed by atoms with Gasteiger partial charge in [0.2, 0.25) is 0 Å². The number of fused-ring (bicyclic) bond motifs is 9. The predicted octanol–water partition coefficient (Wildman–Crippen LogP) is 13.2. The van der Waals surface area contributed by atoms with Crippen molar-refractivity contribution >= 4 is 22.6 Å². The van der Waals surface area contributed by atoms with Gasteiger partial charge in [0, 0.05) is 16.9 Å². The molecular formula is C50H37N. The van der Waals surface area contributed by atoms with Crippen LogP contribution in [0.15, 0.2) is 194 Å². The lowest BCUT2D eigenvalue weighted by Gasteiger charge is -2.33. The van der Waals surface area contributed by atoms with E-state index in [1.807, 2.05) is 0 Å². The number of anilines is 3. The highest BCUT2D eigenvalue weighted by atomic mass is 15.1. The normalized spacial score (nSPS) is 17.9. The summed E-state index contributed by atoms with van der Waals surface area (Å²) in [5, 5.41) is 0. The van der Waals surface area contributed by atoms with Gasteiger partial charge in [-0.05, 0) is 104 Å². The predicted molar refractivity (Wildman–Crippen MR) is 214 cm³/mol. The van der Waals surface area contributed by atoms with Crippen molar-refractivity contribution in [3.05, 3.63) is 216 Å². The lowest BCUT2D eigenvalue weighted by Crippen LogP contribution is -2.27. The first kappa shape index (κ1) is 29.7. The maximum absolute atomic E-state index is 2.47. The van der Waals surface area contributed by atoms with Crippen molar-refractivity contribution in [2.75, 3.05) is 4.90 Å². The Bertz CT molecular complexity index is 2400. The van der Waals surface area contributed by atoms with E-state index < -0.39 is 0 Å². The zero-order valence-corrected chi connectivity index (χ0v) is 28.6. The molecule has 2 unspecified atom stereocenters. The molecule has 10 rings (SSSR count). The highest BCUT2D eigenvalue weighted by molar-refractivity contribution is 6.01. The van der Waals surface area contributed by atoms with Crippen molar-refractivity contribution in [1.29, 1.82) is 0 Å². The van der Waals surface area contributed by atoms with Gasteiger partial charge >= 0.3 is 0 Å². The van der Waals surface area contributed by atoms with Crippen LogP contribution in [0.4, 0.5) is 17.1 Å². The summed E-state index contributed by atoms with van der Waals surface area (Å²) in [6.45, 7) is 2.34. The highest BCUT2D eigenvalue weighted by Gasteiger charge is 2.53. The Labute approximate surface area is 300 Å². The van der Waals surface area contributed by atoms with E-state index in [0.29, 0.717) is 5.92 Å². The van der Waals surface area contributed by atoms with Gasteiger partial charge in [-0.3, -0.25) is 0 Å². The molecule has 7 aromatic carbocycles. The van der Waals surface area contributed by atoms with Gasteiger partial charge in [-0.2, -0.15) is 0 Å². The second-order valence-corrected chi connectivity index (χ2v) is 14.1. The van der Waals surface area contributed by atoms with E-state index in [4.69, 9.17) is 0 Å². The van der Waals surface area contributed by atoms with Crippen molar-refractivity contribution in [2.45, 2.75) is 18.8 Å². The van der Waals surface area contributed by atoms with Crippen LogP contribution >= 0.6 is 0 Å². The van der Waals surface area contributed by atoms with Crippen LogP contribution in [0, 0.1) is 5.92 Å². The third-order valence-corrected chi connectivity index (χ3v) is 11.3. The first-order chi connectivity index (χ1) is 25.2. The molecule has 3 aliphatic rings. The standard InChI is InChI=1S/C50H37N/c1-34-23-32-46-43(33-34)41-17-8-10-19-44(41)50(46)45-20-11-9-18-42(45)49-47(50)21-12-22-48(49)51(39-28-24-37(25-29-39)35-13-4-2-5-14-35)40-30-26-38(27-31-40)36-15-6-3-7-16-36/h2-32,34H,33H2,1H3. The molecule has 1 spiro atoms. The van der Waals surface area contributed by atoms with Crippen molar-refractivity contribution < 1.29 is 0 Å². The van der Waals surface area contributed by atoms with Crippen LogP contribution in [0.3, 0.4) is 0 Å². The minimum absolute atomic E-state index is 0.357. The summed E-state index contributed by atoms with van der Waals surface area (Å²) in [5.41, 5.74) is 19.1. The lowest BCUT2D eigenvalue weighted by atomic mass is 9.68. The second kappa shape index (κ2) is 11.7. The van der Waals surface area contributed by atoms with Crippen LogP contribution in [0.25, 0.3) is 39.0 Å². The van der Waals surface area contributed by atoms with Crippen LogP contribution in [0.1, 0.15) is 35.6 Å². The molecule has 0 aliphatic heterocycles. The van der Waals surface area contributed by atoms with Gasteiger partial charge in [0.25, 0.3) is 0 Å². The molecule has 0 fully saturated rings. The lowest BCUT2D eigenvalue weighted by molar-refractivity contribution is 0.725. The number of allylic oxidation sites excluding steroid dienone is 4. The van der Waals surface area contributed by atoms with Gasteiger partial charge in [-0.1, -0.05) is 165 Å². The monoisotopic (exact) mass is 651 g/mol. The molecule has 0 aromatic heterocycles. The van der Waals surface area contributed by atoms with Crippen LogP contribution < -0.4 is 4.90 Å². The van der Waals surface area contributed by atoms with E-state index in [1.165, 1.54) is 72.5 Å². The maximum Gasteiger partial charge on any atom is 0.0722 e. The number of benzene rings is 7. The SMILES string of the molecule is CC1C=CC2=C(C1)c1ccccc1C21c2ccccc2-c2c(N(c3ccc(-c4ccccc4)cc3)c3ccc(-c4ccccc4)cc3)cccc21. The molecule has 0 N–H and O–H groups in total. The molecule has 0 amide bonds. The molecule has 1 heteroatoms. The second-order valence-electron chi connectivity index (χ2n) is 14.1. The molecule has 0 heterocycles. The van der Waals surface area contributed by atoms with Crippen LogP contribution in [-0.2, 0) is 5.41 Å². The zero-order valence-electron chi connectivity index (χ0n) is 28.6. The van der Waals surface area contributed by atoms with E-state index >= 15 is 0 Å². The summed E-state index contributed by atoms with van der Waals surface area (Å²) in [6.07, 6.45) is 5.94. The van der Waals surface area contributed by atoms with E-state index in [1.54, 1.807) is 0 Å². The van der Waals surface area contributed by atoms with Gasteiger partial charge in [0.15, 0.2) is 0 Å². The van der Waals surface area contributed by atoms with E-state index in [0.717, 1.165) is 17.8 Å². The summed E-state index contributed by atoms with van der Waals surface area (Å²) < 4.78 is 0. The molecular weight excluding hydrogens is 615 g/mol. The number of nitrogens with zero attached hydrogens (tertiary/aromatic N) is 1.